The zero-order chi connectivity index (χ0) is 16.2. The van der Waals surface area contributed by atoms with Gasteiger partial charge in [-0.3, -0.25) is 0 Å². The van der Waals surface area contributed by atoms with Crippen molar-refractivity contribution in [2.45, 2.75) is 64.6 Å². The van der Waals surface area contributed by atoms with Gasteiger partial charge in [0.2, 0.25) is 0 Å². The van der Waals surface area contributed by atoms with Crippen LogP contribution in [0, 0.1) is 0 Å². The first-order valence-corrected chi connectivity index (χ1v) is 8.67. The zero-order valence-corrected chi connectivity index (χ0v) is 16.8. The Bertz CT molecular complexity index is 586. The second-order valence-electron chi connectivity index (χ2n) is 6.46. The Balaban J connectivity index is 0.00000208. The Morgan fingerprint density at radius 3 is 2.83 bits per heavy atom. The number of guanidine groups is 1. The first-order chi connectivity index (χ1) is 11.2. The molecule has 0 spiro atoms. The maximum atomic E-state index is 6.03. The van der Waals surface area contributed by atoms with Crippen LogP contribution in [0.1, 0.15) is 50.7 Å². The Labute approximate surface area is 161 Å². The summed E-state index contributed by atoms with van der Waals surface area (Å²) in [5.41, 5.74) is 8.26. The quantitative estimate of drug-likeness (QED) is 0.414. The largest absolute Gasteiger partial charge is 0.494 e. The fourth-order valence-electron chi connectivity index (χ4n) is 3.39. The van der Waals surface area contributed by atoms with Crippen LogP contribution in [0.5, 0.6) is 11.5 Å². The zero-order valence-electron chi connectivity index (χ0n) is 14.5. The van der Waals surface area contributed by atoms with Gasteiger partial charge in [0.25, 0.3) is 0 Å². The molecular weight excluding hydrogens is 417 g/mol. The van der Waals surface area contributed by atoms with Crippen molar-refractivity contribution in [3.8, 4) is 11.5 Å². The molecule has 1 aromatic carbocycles. The molecule has 0 amide bonds. The van der Waals surface area contributed by atoms with Crippen LogP contribution < -0.4 is 20.5 Å². The maximum absolute atomic E-state index is 6.03. The highest BCUT2D eigenvalue weighted by molar-refractivity contribution is 14.0. The molecule has 1 heterocycles. The van der Waals surface area contributed by atoms with E-state index in [9.17, 15) is 0 Å². The molecule has 1 unspecified atom stereocenters. The molecule has 1 saturated carbocycles. The lowest BCUT2D eigenvalue weighted by molar-refractivity contribution is 0.254. The highest BCUT2D eigenvalue weighted by Gasteiger charge is 2.22. The molecule has 1 atom stereocenters. The summed E-state index contributed by atoms with van der Waals surface area (Å²) >= 11 is 0. The molecule has 24 heavy (non-hydrogen) atoms. The molecule has 1 aromatic rings. The lowest BCUT2D eigenvalue weighted by Gasteiger charge is -2.14. The Hall–Kier alpha value is -1.18. The van der Waals surface area contributed by atoms with Crippen LogP contribution in [0.3, 0.4) is 0 Å². The van der Waals surface area contributed by atoms with Gasteiger partial charge in [-0.25, -0.2) is 4.99 Å². The number of aliphatic imine (C=N–C) groups is 1. The molecule has 2 aliphatic rings. The number of hydrogen-bond acceptors (Lipinski definition) is 3. The maximum Gasteiger partial charge on any atom is 0.189 e. The minimum Gasteiger partial charge on any atom is -0.494 e. The second kappa shape index (κ2) is 8.78. The molecule has 1 fully saturated rings. The fourth-order valence-corrected chi connectivity index (χ4v) is 3.39. The van der Waals surface area contributed by atoms with Crippen LogP contribution in [0.15, 0.2) is 17.1 Å². The number of halogens is 1. The average Bonchev–Trinajstić information content (AvgIpc) is 3.13. The van der Waals surface area contributed by atoms with E-state index in [-0.39, 0.29) is 30.1 Å². The number of hydrogen-bond donors (Lipinski definition) is 2. The molecule has 6 heteroatoms. The Morgan fingerprint density at radius 1 is 1.38 bits per heavy atom. The summed E-state index contributed by atoms with van der Waals surface area (Å²) < 4.78 is 11.6. The van der Waals surface area contributed by atoms with Crippen molar-refractivity contribution in [2.75, 3.05) is 6.61 Å². The van der Waals surface area contributed by atoms with Gasteiger partial charge in [-0.05, 0) is 38.8 Å². The van der Waals surface area contributed by atoms with Gasteiger partial charge in [0.05, 0.1) is 13.2 Å². The number of nitrogens with zero attached hydrogens (tertiary/aromatic N) is 1. The van der Waals surface area contributed by atoms with Gasteiger partial charge < -0.3 is 20.5 Å². The summed E-state index contributed by atoms with van der Waals surface area (Å²) in [6.07, 6.45) is 6.09. The van der Waals surface area contributed by atoms with Gasteiger partial charge in [0, 0.05) is 23.6 Å². The minimum atomic E-state index is 0. The van der Waals surface area contributed by atoms with Crippen molar-refractivity contribution in [3.05, 3.63) is 23.3 Å². The summed E-state index contributed by atoms with van der Waals surface area (Å²) in [7, 11) is 0. The number of ether oxygens (including phenoxy) is 2. The van der Waals surface area contributed by atoms with E-state index in [1.54, 1.807) is 0 Å². The molecule has 0 bridgehead atoms. The van der Waals surface area contributed by atoms with Gasteiger partial charge >= 0.3 is 0 Å². The SMILES string of the molecule is CCOc1cc2c(cc1CN=C(N)NC1CCCC1)OC(C)C2.I. The highest BCUT2D eigenvalue weighted by atomic mass is 127. The molecule has 3 N–H and O–H groups in total. The standard InChI is InChI=1S/C18H27N3O2.HI/c1-3-22-16-9-13-8-12(2)23-17(13)10-14(16)11-20-18(19)21-15-6-4-5-7-15;/h9-10,12,15H,3-8,11H2,1-2H3,(H3,19,20,21);1H. The third-order valence-electron chi connectivity index (χ3n) is 4.51. The summed E-state index contributed by atoms with van der Waals surface area (Å²) in [5.74, 6) is 2.36. The summed E-state index contributed by atoms with van der Waals surface area (Å²) in [6, 6.07) is 4.62. The van der Waals surface area contributed by atoms with Crippen molar-refractivity contribution in [1.29, 1.82) is 0 Å². The van der Waals surface area contributed by atoms with Gasteiger partial charge in [-0.1, -0.05) is 12.8 Å². The summed E-state index contributed by atoms with van der Waals surface area (Å²) in [4.78, 5) is 4.49. The molecule has 3 rings (SSSR count). The van der Waals surface area contributed by atoms with Crippen LogP contribution in [0.4, 0.5) is 0 Å². The van der Waals surface area contributed by atoms with E-state index < -0.39 is 0 Å². The molecular formula is C18H28IN3O2. The Kier molecular flexibility index (Phi) is 7.01. The van der Waals surface area contributed by atoms with Crippen molar-refractivity contribution in [1.82, 2.24) is 5.32 Å². The predicted octanol–water partition coefficient (Wildman–Crippen LogP) is 3.37. The molecule has 0 aromatic heterocycles. The van der Waals surface area contributed by atoms with E-state index in [2.05, 4.69) is 29.4 Å². The van der Waals surface area contributed by atoms with Crippen molar-refractivity contribution in [2.24, 2.45) is 10.7 Å². The summed E-state index contributed by atoms with van der Waals surface area (Å²) in [5, 5.41) is 3.32. The van der Waals surface area contributed by atoms with E-state index in [0.717, 1.165) is 23.5 Å². The normalized spacial score (nSPS) is 20.2. The number of benzene rings is 1. The first-order valence-electron chi connectivity index (χ1n) is 8.67. The number of nitrogens with two attached hydrogens (primary N) is 1. The van der Waals surface area contributed by atoms with Crippen LogP contribution in [-0.4, -0.2) is 24.7 Å². The molecule has 0 saturated heterocycles. The van der Waals surface area contributed by atoms with Gasteiger partial charge in [-0.2, -0.15) is 0 Å². The lowest BCUT2D eigenvalue weighted by atomic mass is 10.1. The van der Waals surface area contributed by atoms with Gasteiger partial charge in [-0.15, -0.1) is 24.0 Å². The number of nitrogens with one attached hydrogen (secondary N) is 1. The van der Waals surface area contributed by atoms with Crippen LogP contribution in [0.2, 0.25) is 0 Å². The molecule has 1 aliphatic carbocycles. The van der Waals surface area contributed by atoms with Crippen LogP contribution in [-0.2, 0) is 13.0 Å². The second-order valence-corrected chi connectivity index (χ2v) is 6.46. The highest BCUT2D eigenvalue weighted by Crippen LogP contribution is 2.35. The minimum absolute atomic E-state index is 0. The molecule has 1 aliphatic heterocycles. The van der Waals surface area contributed by atoms with Crippen LogP contribution >= 0.6 is 24.0 Å². The first kappa shape index (κ1) is 19.1. The predicted molar refractivity (Wildman–Crippen MR) is 108 cm³/mol. The lowest BCUT2D eigenvalue weighted by Crippen LogP contribution is -2.38. The van der Waals surface area contributed by atoms with E-state index in [4.69, 9.17) is 15.2 Å². The Morgan fingerprint density at radius 2 is 2.12 bits per heavy atom. The van der Waals surface area contributed by atoms with Crippen molar-refractivity contribution >= 4 is 29.9 Å². The fraction of sp³-hybridized carbons (Fsp3) is 0.611. The van der Waals surface area contributed by atoms with E-state index in [1.807, 2.05) is 6.92 Å². The van der Waals surface area contributed by atoms with Crippen LogP contribution in [0.25, 0.3) is 0 Å². The smallest absolute Gasteiger partial charge is 0.189 e. The molecule has 134 valence electrons. The third kappa shape index (κ3) is 4.68. The monoisotopic (exact) mass is 445 g/mol. The van der Waals surface area contributed by atoms with E-state index in [1.165, 1.54) is 31.2 Å². The van der Waals surface area contributed by atoms with Gasteiger partial charge in [0.1, 0.15) is 17.6 Å². The molecule has 0 radical (unpaired) electrons. The number of fused-ring (bicyclic) bond motifs is 1. The van der Waals surface area contributed by atoms with Crippen molar-refractivity contribution in [3.63, 3.8) is 0 Å². The molecule has 5 nitrogen and oxygen atoms in total. The number of rotatable bonds is 5. The van der Waals surface area contributed by atoms with E-state index in [0.29, 0.717) is 25.2 Å². The topological polar surface area (TPSA) is 68.9 Å². The summed E-state index contributed by atoms with van der Waals surface area (Å²) in [6.45, 7) is 5.23. The van der Waals surface area contributed by atoms with Crippen molar-refractivity contribution < 1.29 is 9.47 Å². The van der Waals surface area contributed by atoms with Gasteiger partial charge in [0.15, 0.2) is 5.96 Å². The van der Waals surface area contributed by atoms with E-state index >= 15 is 0 Å². The third-order valence-corrected chi connectivity index (χ3v) is 4.51. The average molecular weight is 445 g/mol.